The van der Waals surface area contributed by atoms with Crippen molar-refractivity contribution in [3.8, 4) is 0 Å². The number of benzene rings is 3. The summed E-state index contributed by atoms with van der Waals surface area (Å²) >= 11 is 7.30. The average molecular weight is 432 g/mol. The first-order valence-corrected chi connectivity index (χ1v) is 11.0. The molecule has 28 heavy (non-hydrogen) atoms. The molecule has 0 fully saturated rings. The highest BCUT2D eigenvalue weighted by atomic mass is 35.5. The van der Waals surface area contributed by atoms with Gasteiger partial charge in [0.15, 0.2) is 5.25 Å². The fourth-order valence-corrected chi connectivity index (χ4v) is 5.21. The van der Waals surface area contributed by atoms with E-state index in [0.29, 0.717) is 16.1 Å². The van der Waals surface area contributed by atoms with Gasteiger partial charge in [-0.05, 0) is 51.9 Å². The van der Waals surface area contributed by atoms with Crippen LogP contribution in [-0.2, 0) is 14.9 Å². The largest absolute Gasteiger partial charge is 0.325 e. The maximum Gasteiger partial charge on any atom is 0.281 e. The van der Waals surface area contributed by atoms with Crippen LogP contribution in [0.5, 0.6) is 0 Å². The van der Waals surface area contributed by atoms with Crippen LogP contribution in [0.25, 0.3) is 20.9 Å². The molecular formula is C20H14ClNO4S2. The van der Waals surface area contributed by atoms with Gasteiger partial charge in [0, 0.05) is 21.0 Å². The number of carbonyl (C=O) groups excluding carboxylic acids is 1. The van der Waals surface area contributed by atoms with Crippen molar-refractivity contribution in [2.24, 2.45) is 0 Å². The number of rotatable bonds is 4. The lowest BCUT2D eigenvalue weighted by Crippen LogP contribution is -2.27. The Balaban J connectivity index is 1.74. The lowest BCUT2D eigenvalue weighted by molar-refractivity contribution is -0.116. The predicted octanol–water partition coefficient (Wildman–Crippen LogP) is 5.28. The van der Waals surface area contributed by atoms with E-state index in [9.17, 15) is 17.8 Å². The molecule has 0 spiro atoms. The van der Waals surface area contributed by atoms with Crippen LogP contribution in [-0.4, -0.2) is 18.9 Å². The predicted molar refractivity (Wildman–Crippen MR) is 114 cm³/mol. The summed E-state index contributed by atoms with van der Waals surface area (Å²) in [5.41, 5.74) is 0.637. The molecule has 0 saturated carbocycles. The van der Waals surface area contributed by atoms with Crippen LogP contribution < -0.4 is 5.32 Å². The van der Waals surface area contributed by atoms with Gasteiger partial charge in [-0.3, -0.25) is 9.35 Å². The molecule has 0 aliphatic heterocycles. The Morgan fingerprint density at radius 1 is 1.04 bits per heavy atom. The lowest BCUT2D eigenvalue weighted by atomic mass is 10.1. The third-order valence-electron chi connectivity index (χ3n) is 4.40. The van der Waals surface area contributed by atoms with Crippen LogP contribution in [0.4, 0.5) is 5.69 Å². The summed E-state index contributed by atoms with van der Waals surface area (Å²) in [5.74, 6) is -0.836. The van der Waals surface area contributed by atoms with Crippen LogP contribution in [0, 0.1) is 0 Å². The highest BCUT2D eigenvalue weighted by Gasteiger charge is 2.35. The fourth-order valence-electron chi connectivity index (χ4n) is 3.14. The average Bonchev–Trinajstić information content (AvgIpc) is 3.03. The highest BCUT2D eigenvalue weighted by Crippen LogP contribution is 2.36. The molecular weight excluding hydrogens is 418 g/mol. The van der Waals surface area contributed by atoms with Gasteiger partial charge in [-0.15, -0.1) is 11.3 Å². The quantitative estimate of drug-likeness (QED) is 0.431. The molecule has 3 aromatic carbocycles. The van der Waals surface area contributed by atoms with Crippen molar-refractivity contribution in [1.82, 2.24) is 0 Å². The third-order valence-corrected chi connectivity index (χ3v) is 6.68. The van der Waals surface area contributed by atoms with E-state index >= 15 is 0 Å². The maximum absolute atomic E-state index is 12.8. The summed E-state index contributed by atoms with van der Waals surface area (Å²) in [6.07, 6.45) is 0. The zero-order valence-electron chi connectivity index (χ0n) is 14.3. The van der Waals surface area contributed by atoms with Crippen molar-refractivity contribution >= 4 is 65.5 Å². The van der Waals surface area contributed by atoms with Gasteiger partial charge < -0.3 is 5.32 Å². The smallest absolute Gasteiger partial charge is 0.281 e. The zero-order chi connectivity index (χ0) is 19.9. The van der Waals surface area contributed by atoms with Crippen LogP contribution in [0.15, 0.2) is 66.0 Å². The second-order valence-electron chi connectivity index (χ2n) is 6.28. The molecule has 2 N–H and O–H groups in total. The molecule has 1 unspecified atom stereocenters. The van der Waals surface area contributed by atoms with E-state index in [1.807, 2.05) is 30.3 Å². The van der Waals surface area contributed by atoms with E-state index in [0.717, 1.165) is 15.5 Å². The van der Waals surface area contributed by atoms with Gasteiger partial charge in [-0.2, -0.15) is 8.42 Å². The summed E-state index contributed by atoms with van der Waals surface area (Å²) in [7, 11) is -4.70. The molecule has 0 saturated heterocycles. The van der Waals surface area contributed by atoms with Crippen LogP contribution >= 0.6 is 22.9 Å². The molecule has 0 bridgehead atoms. The Morgan fingerprint density at radius 3 is 2.54 bits per heavy atom. The minimum atomic E-state index is -4.70. The van der Waals surface area contributed by atoms with E-state index in [2.05, 4.69) is 5.32 Å². The molecule has 1 heterocycles. The van der Waals surface area contributed by atoms with Crippen molar-refractivity contribution in [1.29, 1.82) is 0 Å². The minimum Gasteiger partial charge on any atom is -0.325 e. The number of thiophene rings is 1. The van der Waals surface area contributed by atoms with Crippen LogP contribution in [0.2, 0.25) is 5.02 Å². The number of anilines is 1. The van der Waals surface area contributed by atoms with Gasteiger partial charge in [-0.25, -0.2) is 0 Å². The first kappa shape index (κ1) is 18.9. The Hall–Kier alpha value is -2.45. The normalized spacial score (nSPS) is 12.9. The molecule has 8 heteroatoms. The van der Waals surface area contributed by atoms with E-state index in [1.54, 1.807) is 35.7 Å². The summed E-state index contributed by atoms with van der Waals surface area (Å²) in [4.78, 5) is 12.8. The number of halogens is 1. The Labute approximate surface area is 170 Å². The van der Waals surface area contributed by atoms with Crippen molar-refractivity contribution in [2.75, 3.05) is 5.32 Å². The molecule has 5 nitrogen and oxygen atoms in total. The topological polar surface area (TPSA) is 83.5 Å². The van der Waals surface area contributed by atoms with E-state index in [-0.39, 0.29) is 5.56 Å². The van der Waals surface area contributed by atoms with E-state index < -0.39 is 21.3 Å². The number of nitrogens with one attached hydrogen (secondary N) is 1. The molecule has 4 rings (SSSR count). The monoisotopic (exact) mass is 431 g/mol. The number of hydrogen-bond donors (Lipinski definition) is 2. The summed E-state index contributed by atoms with van der Waals surface area (Å²) in [6.45, 7) is 0. The Bertz CT molecular complexity index is 1310. The molecule has 0 aliphatic carbocycles. The SMILES string of the molecule is O=C(Nc1ccc2ccccc2c1)C(c1csc2ccc(Cl)cc12)S(=O)(=O)O. The number of hydrogen-bond acceptors (Lipinski definition) is 4. The highest BCUT2D eigenvalue weighted by molar-refractivity contribution is 7.86. The first-order chi connectivity index (χ1) is 13.3. The second kappa shape index (κ2) is 7.18. The van der Waals surface area contributed by atoms with Crippen molar-refractivity contribution in [2.45, 2.75) is 5.25 Å². The van der Waals surface area contributed by atoms with Crippen molar-refractivity contribution in [3.63, 3.8) is 0 Å². The van der Waals surface area contributed by atoms with Gasteiger partial charge in [0.25, 0.3) is 10.1 Å². The molecule has 142 valence electrons. The van der Waals surface area contributed by atoms with Gasteiger partial charge in [0.05, 0.1) is 0 Å². The maximum atomic E-state index is 12.8. The van der Waals surface area contributed by atoms with Gasteiger partial charge in [0.1, 0.15) is 0 Å². The Morgan fingerprint density at radius 2 is 1.79 bits per heavy atom. The zero-order valence-corrected chi connectivity index (χ0v) is 16.7. The molecule has 0 radical (unpaired) electrons. The first-order valence-electron chi connectivity index (χ1n) is 8.25. The van der Waals surface area contributed by atoms with E-state index in [1.165, 1.54) is 11.3 Å². The van der Waals surface area contributed by atoms with Crippen molar-refractivity contribution in [3.05, 3.63) is 76.6 Å². The van der Waals surface area contributed by atoms with E-state index in [4.69, 9.17) is 11.6 Å². The second-order valence-corrected chi connectivity index (χ2v) is 9.13. The molecule has 0 aliphatic rings. The summed E-state index contributed by atoms with van der Waals surface area (Å²) < 4.78 is 34.7. The standard InChI is InChI=1S/C20H14ClNO4S2/c21-14-6-8-18-16(10-14)17(11-27-18)19(28(24,25)26)20(23)22-15-7-5-12-3-1-2-4-13(12)9-15/h1-11,19H,(H,22,23)(H,24,25,26). The van der Waals surface area contributed by atoms with Crippen LogP contribution in [0.3, 0.4) is 0 Å². The van der Waals surface area contributed by atoms with Crippen LogP contribution in [0.1, 0.15) is 10.8 Å². The number of carbonyl (C=O) groups is 1. The lowest BCUT2D eigenvalue weighted by Gasteiger charge is -2.14. The van der Waals surface area contributed by atoms with Gasteiger partial charge in [-0.1, -0.05) is 41.9 Å². The molecule has 1 amide bonds. The Kier molecular flexibility index (Phi) is 4.84. The van der Waals surface area contributed by atoms with Gasteiger partial charge >= 0.3 is 0 Å². The third kappa shape index (κ3) is 3.62. The van der Waals surface area contributed by atoms with Crippen molar-refractivity contribution < 1.29 is 17.8 Å². The number of amides is 1. The number of fused-ring (bicyclic) bond motifs is 2. The minimum absolute atomic E-state index is 0.197. The van der Waals surface area contributed by atoms with Gasteiger partial charge in [0.2, 0.25) is 5.91 Å². The molecule has 4 aromatic rings. The molecule has 1 atom stereocenters. The summed E-state index contributed by atoms with van der Waals surface area (Å²) in [6, 6.07) is 17.9. The fraction of sp³-hybridized carbons (Fsp3) is 0.0500. The summed E-state index contributed by atoms with van der Waals surface area (Å²) in [5, 5.41) is 5.22. The molecule has 1 aromatic heterocycles.